The van der Waals surface area contributed by atoms with Gasteiger partial charge in [0, 0.05) is 5.82 Å². The van der Waals surface area contributed by atoms with Gasteiger partial charge in [-0.1, -0.05) is 30.3 Å². The molecular weight excluding hydrogens is 223 g/mol. The van der Waals surface area contributed by atoms with Gasteiger partial charge < -0.3 is 9.05 Å². The number of rotatable bonds is 6. The maximum Gasteiger partial charge on any atom is 0.354 e. The number of hydrogen-bond acceptors (Lipinski definition) is 3. The summed E-state index contributed by atoms with van der Waals surface area (Å²) in [6, 6.07) is 9.64. The Bertz CT molecular complexity index is 363. The van der Waals surface area contributed by atoms with Crippen molar-refractivity contribution in [1.29, 1.82) is 0 Å². The van der Waals surface area contributed by atoms with Crippen LogP contribution >= 0.6 is 7.60 Å². The van der Waals surface area contributed by atoms with Crippen molar-refractivity contribution in [2.45, 2.75) is 13.8 Å². The van der Waals surface area contributed by atoms with E-state index < -0.39 is 7.60 Å². The van der Waals surface area contributed by atoms with E-state index in [1.165, 1.54) is 5.82 Å². The van der Waals surface area contributed by atoms with E-state index in [1.807, 2.05) is 30.3 Å². The van der Waals surface area contributed by atoms with Gasteiger partial charge in [-0.25, -0.2) is 0 Å². The average molecular weight is 240 g/mol. The molecule has 0 fully saturated rings. The van der Waals surface area contributed by atoms with Crippen molar-refractivity contribution in [3.63, 3.8) is 0 Å². The molecule has 3 nitrogen and oxygen atoms in total. The molecule has 1 aromatic carbocycles. The van der Waals surface area contributed by atoms with Crippen LogP contribution < -0.4 is 0 Å². The zero-order chi connectivity index (χ0) is 11.9. The molecule has 4 heteroatoms. The summed E-state index contributed by atoms with van der Waals surface area (Å²) in [7, 11) is -3.07. The number of hydrogen-bond donors (Lipinski definition) is 0. The summed E-state index contributed by atoms with van der Waals surface area (Å²) in [5.74, 6) is 1.51. The first-order valence-electron chi connectivity index (χ1n) is 5.33. The molecule has 0 aliphatic rings. The maximum absolute atomic E-state index is 12.1. The lowest BCUT2D eigenvalue weighted by Crippen LogP contribution is -1.92. The van der Waals surface area contributed by atoms with Crippen molar-refractivity contribution in [2.24, 2.45) is 0 Å². The van der Waals surface area contributed by atoms with Gasteiger partial charge in [-0.2, -0.15) is 0 Å². The summed E-state index contributed by atoms with van der Waals surface area (Å²) < 4.78 is 22.3. The van der Waals surface area contributed by atoms with Crippen molar-refractivity contribution in [3.8, 4) is 0 Å². The minimum atomic E-state index is -3.07. The summed E-state index contributed by atoms with van der Waals surface area (Å²) in [5, 5.41) is 0. The minimum Gasteiger partial charge on any atom is -0.306 e. The van der Waals surface area contributed by atoms with Crippen LogP contribution in [0.2, 0.25) is 0 Å². The van der Waals surface area contributed by atoms with Gasteiger partial charge in [0.1, 0.15) is 0 Å². The van der Waals surface area contributed by atoms with E-state index in [0.717, 1.165) is 5.56 Å². The molecule has 0 radical (unpaired) electrons. The van der Waals surface area contributed by atoms with Crippen LogP contribution in [0, 0.1) is 0 Å². The Balaban J connectivity index is 2.75. The summed E-state index contributed by atoms with van der Waals surface area (Å²) in [4.78, 5) is 0. The summed E-state index contributed by atoms with van der Waals surface area (Å²) >= 11 is 0. The van der Waals surface area contributed by atoms with E-state index in [4.69, 9.17) is 9.05 Å². The van der Waals surface area contributed by atoms with Gasteiger partial charge >= 0.3 is 7.60 Å². The molecular formula is C12H17O3P. The van der Waals surface area contributed by atoms with Gasteiger partial charge in [-0.3, -0.25) is 4.57 Å². The SMILES string of the molecule is CCOP(=O)(C=Cc1ccccc1)OCC. The normalized spacial score (nSPS) is 12.1. The van der Waals surface area contributed by atoms with Gasteiger partial charge in [0.25, 0.3) is 0 Å². The van der Waals surface area contributed by atoms with Gasteiger partial charge in [-0.05, 0) is 25.5 Å². The predicted octanol–water partition coefficient (Wildman–Crippen LogP) is 3.92. The molecule has 0 aromatic heterocycles. The molecule has 0 aliphatic heterocycles. The zero-order valence-corrected chi connectivity index (χ0v) is 10.5. The van der Waals surface area contributed by atoms with Crippen LogP contribution in [0.25, 0.3) is 6.08 Å². The van der Waals surface area contributed by atoms with Crippen molar-refractivity contribution < 1.29 is 13.6 Å². The molecule has 0 spiro atoms. The van der Waals surface area contributed by atoms with E-state index in [9.17, 15) is 4.57 Å². The average Bonchev–Trinajstić information content (AvgIpc) is 2.29. The largest absolute Gasteiger partial charge is 0.354 e. The fraction of sp³-hybridized carbons (Fsp3) is 0.333. The molecule has 0 saturated carbocycles. The van der Waals surface area contributed by atoms with Crippen LogP contribution in [-0.2, 0) is 13.6 Å². The third kappa shape index (κ3) is 4.31. The van der Waals surface area contributed by atoms with Crippen LogP contribution in [0.5, 0.6) is 0 Å². The smallest absolute Gasteiger partial charge is 0.306 e. The Morgan fingerprint density at radius 1 is 1.12 bits per heavy atom. The van der Waals surface area contributed by atoms with Gasteiger partial charge in [-0.15, -0.1) is 0 Å². The summed E-state index contributed by atoms with van der Waals surface area (Å²) in [6.45, 7) is 4.33. The zero-order valence-electron chi connectivity index (χ0n) is 9.63. The molecule has 88 valence electrons. The molecule has 1 aromatic rings. The lowest BCUT2D eigenvalue weighted by Gasteiger charge is -2.12. The van der Waals surface area contributed by atoms with Crippen LogP contribution in [0.1, 0.15) is 19.4 Å². The second-order valence-corrected chi connectivity index (χ2v) is 5.00. The lowest BCUT2D eigenvalue weighted by molar-refractivity contribution is 0.229. The maximum atomic E-state index is 12.1. The third-order valence-electron chi connectivity index (χ3n) is 1.87. The van der Waals surface area contributed by atoms with E-state index in [1.54, 1.807) is 19.9 Å². The minimum absolute atomic E-state index is 0.371. The molecule has 0 atom stereocenters. The Morgan fingerprint density at radius 2 is 1.69 bits per heavy atom. The van der Waals surface area contributed by atoms with Crippen molar-refractivity contribution >= 4 is 13.7 Å². The Morgan fingerprint density at radius 3 is 2.19 bits per heavy atom. The second kappa shape index (κ2) is 6.64. The number of benzene rings is 1. The van der Waals surface area contributed by atoms with Crippen molar-refractivity contribution in [1.82, 2.24) is 0 Å². The summed E-state index contributed by atoms with van der Waals surface area (Å²) in [5.41, 5.74) is 0.974. The first-order valence-corrected chi connectivity index (χ1v) is 6.94. The molecule has 0 N–H and O–H groups in total. The molecule has 0 heterocycles. The molecule has 0 unspecified atom stereocenters. The monoisotopic (exact) mass is 240 g/mol. The van der Waals surface area contributed by atoms with E-state index in [-0.39, 0.29) is 0 Å². The van der Waals surface area contributed by atoms with Crippen molar-refractivity contribution in [3.05, 3.63) is 41.7 Å². The Hall–Kier alpha value is -0.890. The molecule has 0 amide bonds. The van der Waals surface area contributed by atoms with Crippen LogP contribution in [0.4, 0.5) is 0 Å². The van der Waals surface area contributed by atoms with Gasteiger partial charge in [0.2, 0.25) is 0 Å². The highest BCUT2D eigenvalue weighted by Gasteiger charge is 2.18. The standard InChI is InChI=1S/C12H17O3P/c1-3-14-16(13,15-4-2)11-10-12-8-6-5-7-9-12/h5-11H,3-4H2,1-2H3. The molecule has 1 rings (SSSR count). The first-order chi connectivity index (χ1) is 7.70. The quantitative estimate of drug-likeness (QED) is 0.707. The molecule has 0 aliphatic carbocycles. The van der Waals surface area contributed by atoms with Gasteiger partial charge in [0.15, 0.2) is 0 Å². The second-order valence-electron chi connectivity index (χ2n) is 3.10. The predicted molar refractivity (Wildman–Crippen MR) is 66.3 cm³/mol. The van der Waals surface area contributed by atoms with Crippen LogP contribution in [0.15, 0.2) is 36.1 Å². The highest BCUT2D eigenvalue weighted by molar-refractivity contribution is 7.57. The van der Waals surface area contributed by atoms with E-state index in [0.29, 0.717) is 13.2 Å². The van der Waals surface area contributed by atoms with Crippen LogP contribution in [-0.4, -0.2) is 13.2 Å². The fourth-order valence-electron chi connectivity index (χ4n) is 1.22. The van der Waals surface area contributed by atoms with E-state index in [2.05, 4.69) is 0 Å². The van der Waals surface area contributed by atoms with Crippen molar-refractivity contribution in [2.75, 3.05) is 13.2 Å². The molecule has 0 bridgehead atoms. The lowest BCUT2D eigenvalue weighted by atomic mass is 10.2. The highest BCUT2D eigenvalue weighted by Crippen LogP contribution is 2.49. The summed E-state index contributed by atoms with van der Waals surface area (Å²) in [6.07, 6.45) is 1.76. The molecule has 16 heavy (non-hydrogen) atoms. The van der Waals surface area contributed by atoms with Gasteiger partial charge in [0.05, 0.1) is 13.2 Å². The Labute approximate surface area is 96.6 Å². The topological polar surface area (TPSA) is 35.5 Å². The van der Waals surface area contributed by atoms with E-state index >= 15 is 0 Å². The third-order valence-corrected chi connectivity index (χ3v) is 3.62. The van der Waals surface area contributed by atoms with Crippen LogP contribution in [0.3, 0.4) is 0 Å². The Kier molecular flexibility index (Phi) is 5.47. The fourth-order valence-corrected chi connectivity index (χ4v) is 2.55. The highest BCUT2D eigenvalue weighted by atomic mass is 31.2. The molecule has 0 saturated heterocycles. The first kappa shape index (κ1) is 13.2.